The van der Waals surface area contributed by atoms with Gasteiger partial charge in [0.05, 0.1) is 19.5 Å². The van der Waals surface area contributed by atoms with Crippen LogP contribution in [0.1, 0.15) is 16.7 Å². The van der Waals surface area contributed by atoms with E-state index >= 15 is 0 Å². The summed E-state index contributed by atoms with van der Waals surface area (Å²) in [6, 6.07) is 10.2. The molecular formula is C17H17FO4S. The Balaban J connectivity index is 1.76. The van der Waals surface area contributed by atoms with Crippen molar-refractivity contribution in [2.75, 3.05) is 13.9 Å². The maximum absolute atomic E-state index is 13.7. The van der Waals surface area contributed by atoms with Gasteiger partial charge in [0.2, 0.25) is 0 Å². The van der Waals surface area contributed by atoms with E-state index in [-0.39, 0.29) is 18.4 Å². The van der Waals surface area contributed by atoms with E-state index in [1.807, 2.05) is 24.3 Å². The Kier molecular flexibility index (Phi) is 4.93. The third kappa shape index (κ3) is 3.89. The van der Waals surface area contributed by atoms with Gasteiger partial charge in [0, 0.05) is 27.7 Å². The van der Waals surface area contributed by atoms with E-state index in [9.17, 15) is 8.60 Å². The zero-order valence-corrected chi connectivity index (χ0v) is 13.5. The number of benzene rings is 2. The van der Waals surface area contributed by atoms with E-state index in [1.54, 1.807) is 7.11 Å². The number of fused-ring (bicyclic) bond motifs is 1. The lowest BCUT2D eigenvalue weighted by atomic mass is 10.1. The first-order chi connectivity index (χ1) is 11.2. The lowest BCUT2D eigenvalue weighted by Gasteiger charge is -2.20. The molecule has 0 N–H and O–H groups in total. The molecule has 1 aliphatic heterocycles. The van der Waals surface area contributed by atoms with Gasteiger partial charge >= 0.3 is 0 Å². The van der Waals surface area contributed by atoms with Gasteiger partial charge in [0.25, 0.3) is 0 Å². The van der Waals surface area contributed by atoms with E-state index in [1.165, 1.54) is 12.1 Å². The lowest BCUT2D eigenvalue weighted by Crippen LogP contribution is -2.14. The van der Waals surface area contributed by atoms with Gasteiger partial charge in [-0.3, -0.25) is 4.21 Å². The zero-order chi connectivity index (χ0) is 16.2. The molecule has 1 aliphatic rings. The highest BCUT2D eigenvalue weighted by Gasteiger charge is 2.18. The van der Waals surface area contributed by atoms with Crippen LogP contribution in [0.15, 0.2) is 36.4 Å². The average molecular weight is 336 g/mol. The SMILES string of the molecule is COc1cccc(C[S@@](=O)Cc2cc(F)cc3c2OCOC3)c1. The molecule has 23 heavy (non-hydrogen) atoms. The molecule has 0 unspecified atom stereocenters. The lowest BCUT2D eigenvalue weighted by molar-refractivity contribution is -0.0171. The molecule has 0 saturated carbocycles. The summed E-state index contributed by atoms with van der Waals surface area (Å²) < 4.78 is 41.9. The van der Waals surface area contributed by atoms with Crippen molar-refractivity contribution in [3.05, 3.63) is 58.9 Å². The van der Waals surface area contributed by atoms with Crippen LogP contribution in [0.25, 0.3) is 0 Å². The Morgan fingerprint density at radius 2 is 2.13 bits per heavy atom. The molecule has 0 aromatic heterocycles. The molecule has 0 saturated heterocycles. The Labute approximate surface area is 136 Å². The minimum Gasteiger partial charge on any atom is -0.497 e. The summed E-state index contributed by atoms with van der Waals surface area (Å²) in [4.78, 5) is 0. The monoisotopic (exact) mass is 336 g/mol. The fraction of sp³-hybridized carbons (Fsp3) is 0.294. The van der Waals surface area contributed by atoms with Crippen LogP contribution in [0.5, 0.6) is 11.5 Å². The van der Waals surface area contributed by atoms with Gasteiger partial charge < -0.3 is 14.2 Å². The molecule has 1 atom stereocenters. The van der Waals surface area contributed by atoms with Crippen molar-refractivity contribution in [3.8, 4) is 11.5 Å². The van der Waals surface area contributed by atoms with Crippen LogP contribution in [-0.2, 0) is 33.6 Å². The standard InChI is InChI=1S/C17H17FO4S/c1-20-16-4-2-3-12(5-16)9-23(19)10-14-7-15(18)6-13-8-21-11-22-17(13)14/h2-7H,8-11H2,1H3/t23-/m1/s1. The van der Waals surface area contributed by atoms with Crippen LogP contribution in [0.4, 0.5) is 4.39 Å². The Bertz CT molecular complexity index is 733. The molecule has 122 valence electrons. The zero-order valence-electron chi connectivity index (χ0n) is 12.7. The van der Waals surface area contributed by atoms with Gasteiger partial charge in [-0.15, -0.1) is 0 Å². The highest BCUT2D eigenvalue weighted by atomic mass is 32.2. The van der Waals surface area contributed by atoms with Crippen LogP contribution in [0.3, 0.4) is 0 Å². The van der Waals surface area contributed by atoms with Gasteiger partial charge in [0.1, 0.15) is 17.3 Å². The molecular weight excluding hydrogens is 319 g/mol. The normalized spacial score (nSPS) is 14.7. The quantitative estimate of drug-likeness (QED) is 0.841. The minimum atomic E-state index is -1.18. The number of halogens is 1. The van der Waals surface area contributed by atoms with E-state index in [2.05, 4.69) is 0 Å². The van der Waals surface area contributed by atoms with Crippen molar-refractivity contribution in [1.82, 2.24) is 0 Å². The Morgan fingerprint density at radius 3 is 2.96 bits per heavy atom. The molecule has 0 radical (unpaired) electrons. The van der Waals surface area contributed by atoms with Crippen molar-refractivity contribution in [2.45, 2.75) is 18.1 Å². The molecule has 0 bridgehead atoms. The van der Waals surface area contributed by atoms with Crippen LogP contribution < -0.4 is 9.47 Å². The van der Waals surface area contributed by atoms with Crippen LogP contribution in [0.2, 0.25) is 0 Å². The van der Waals surface area contributed by atoms with Crippen molar-refractivity contribution in [2.24, 2.45) is 0 Å². The summed E-state index contributed by atoms with van der Waals surface area (Å²) in [5, 5.41) is 0. The highest BCUT2D eigenvalue weighted by molar-refractivity contribution is 7.83. The molecule has 2 aromatic rings. The molecule has 2 aromatic carbocycles. The first-order valence-electron chi connectivity index (χ1n) is 7.15. The van der Waals surface area contributed by atoms with E-state index in [4.69, 9.17) is 14.2 Å². The summed E-state index contributed by atoms with van der Waals surface area (Å²) in [7, 11) is 0.410. The van der Waals surface area contributed by atoms with Gasteiger partial charge in [-0.05, 0) is 29.8 Å². The van der Waals surface area contributed by atoms with Gasteiger partial charge in [0.15, 0.2) is 6.79 Å². The molecule has 0 fully saturated rings. The molecule has 0 aliphatic carbocycles. The number of methoxy groups -OCH3 is 1. The van der Waals surface area contributed by atoms with E-state index in [0.29, 0.717) is 29.2 Å². The van der Waals surface area contributed by atoms with Crippen LogP contribution in [-0.4, -0.2) is 18.1 Å². The topological polar surface area (TPSA) is 44.8 Å². The summed E-state index contributed by atoms with van der Waals surface area (Å²) in [6.07, 6.45) is 0. The summed E-state index contributed by atoms with van der Waals surface area (Å²) in [5.74, 6) is 1.56. The summed E-state index contributed by atoms with van der Waals surface area (Å²) in [6.45, 7) is 0.441. The van der Waals surface area contributed by atoms with E-state index < -0.39 is 10.8 Å². The second-order valence-corrected chi connectivity index (χ2v) is 6.70. The smallest absolute Gasteiger partial charge is 0.189 e. The van der Waals surface area contributed by atoms with Gasteiger partial charge in [-0.1, -0.05) is 12.1 Å². The Morgan fingerprint density at radius 1 is 1.26 bits per heavy atom. The molecule has 1 heterocycles. The largest absolute Gasteiger partial charge is 0.497 e. The predicted octanol–water partition coefficient (Wildman–Crippen LogP) is 3.15. The molecule has 6 heteroatoms. The predicted molar refractivity (Wildman–Crippen MR) is 85.2 cm³/mol. The van der Waals surface area contributed by atoms with E-state index in [0.717, 1.165) is 11.3 Å². The molecule has 3 rings (SSSR count). The van der Waals surface area contributed by atoms with Crippen molar-refractivity contribution in [1.29, 1.82) is 0 Å². The Hall–Kier alpha value is -1.92. The van der Waals surface area contributed by atoms with Crippen molar-refractivity contribution in [3.63, 3.8) is 0 Å². The molecule has 4 nitrogen and oxygen atoms in total. The summed E-state index contributed by atoms with van der Waals surface area (Å²) >= 11 is 0. The second kappa shape index (κ2) is 7.10. The van der Waals surface area contributed by atoms with Gasteiger partial charge in [-0.2, -0.15) is 0 Å². The molecule has 0 spiro atoms. The number of ether oxygens (including phenoxy) is 3. The fourth-order valence-corrected chi connectivity index (χ4v) is 3.75. The second-order valence-electron chi connectivity index (χ2n) is 5.24. The van der Waals surface area contributed by atoms with Crippen LogP contribution >= 0.6 is 0 Å². The third-order valence-corrected chi connectivity index (χ3v) is 4.82. The van der Waals surface area contributed by atoms with Crippen molar-refractivity contribution >= 4 is 10.8 Å². The molecule has 0 amide bonds. The number of rotatable bonds is 5. The maximum atomic E-state index is 13.7. The van der Waals surface area contributed by atoms with Crippen LogP contribution in [0, 0.1) is 5.82 Å². The number of hydrogen-bond acceptors (Lipinski definition) is 4. The number of hydrogen-bond donors (Lipinski definition) is 0. The fourth-order valence-electron chi connectivity index (χ4n) is 2.54. The first kappa shape index (κ1) is 16.0. The maximum Gasteiger partial charge on any atom is 0.189 e. The van der Waals surface area contributed by atoms with Crippen molar-refractivity contribution < 1.29 is 22.8 Å². The highest BCUT2D eigenvalue weighted by Crippen LogP contribution is 2.30. The third-order valence-electron chi connectivity index (χ3n) is 3.53. The summed E-state index contributed by atoms with van der Waals surface area (Å²) in [5.41, 5.74) is 2.19. The average Bonchev–Trinajstić information content (AvgIpc) is 2.54. The first-order valence-corrected chi connectivity index (χ1v) is 8.64. The van der Waals surface area contributed by atoms with Gasteiger partial charge in [-0.25, -0.2) is 4.39 Å². The minimum absolute atomic E-state index is 0.133.